The molecule has 1 aromatic carbocycles. The summed E-state index contributed by atoms with van der Waals surface area (Å²) >= 11 is 0. The number of morpholine rings is 1. The Morgan fingerprint density at radius 1 is 1.00 bits per heavy atom. The lowest BCUT2D eigenvalue weighted by Gasteiger charge is -2.25. The molecule has 41 heavy (non-hydrogen) atoms. The smallest absolute Gasteiger partial charge is 0.383 e. The van der Waals surface area contributed by atoms with Crippen LogP contribution in [0.3, 0.4) is 0 Å². The van der Waals surface area contributed by atoms with Crippen LogP contribution in [0.1, 0.15) is 21.7 Å². The van der Waals surface area contributed by atoms with Crippen LogP contribution in [-0.2, 0) is 18.0 Å². The molecule has 0 unspecified atom stereocenters. The van der Waals surface area contributed by atoms with Crippen molar-refractivity contribution in [1.29, 1.82) is 0 Å². The third-order valence-electron chi connectivity index (χ3n) is 6.38. The van der Waals surface area contributed by atoms with Crippen molar-refractivity contribution in [2.75, 3.05) is 55.8 Å². The van der Waals surface area contributed by atoms with Gasteiger partial charge in [-0.1, -0.05) is 24.3 Å². The number of alkyl halides is 4. The number of nitrogens with zero attached hydrogens (tertiary/aromatic N) is 6. The van der Waals surface area contributed by atoms with E-state index in [1.807, 2.05) is 0 Å². The summed E-state index contributed by atoms with van der Waals surface area (Å²) in [6, 6.07) is 11.0. The third kappa shape index (κ3) is 6.69. The normalized spacial score (nSPS) is 14.3. The van der Waals surface area contributed by atoms with Gasteiger partial charge in [0.2, 0.25) is 5.95 Å². The van der Waals surface area contributed by atoms with Crippen molar-refractivity contribution in [3.8, 4) is 11.3 Å². The lowest BCUT2D eigenvalue weighted by molar-refractivity contribution is -0.0884. The fourth-order valence-corrected chi connectivity index (χ4v) is 4.27. The van der Waals surface area contributed by atoms with E-state index in [1.54, 1.807) is 34.8 Å². The van der Waals surface area contributed by atoms with E-state index in [1.165, 1.54) is 6.07 Å². The van der Waals surface area contributed by atoms with E-state index in [4.69, 9.17) is 20.4 Å². The zero-order valence-corrected chi connectivity index (χ0v) is 21.8. The SMILES string of the molecule is Nc1nc(NCCNc2nc(-c3ccc(CF)cc3)cc3nc(CN4CCOCC4)nn23)ccc1C(=O)C(F)(F)F. The number of pyridine rings is 1. The van der Waals surface area contributed by atoms with Crippen LogP contribution in [-0.4, -0.2) is 80.8 Å². The molecule has 1 fully saturated rings. The highest BCUT2D eigenvalue weighted by atomic mass is 19.4. The Morgan fingerprint density at radius 3 is 2.41 bits per heavy atom. The zero-order chi connectivity index (χ0) is 29.0. The minimum absolute atomic E-state index is 0.205. The molecule has 0 radical (unpaired) electrons. The van der Waals surface area contributed by atoms with E-state index in [0.29, 0.717) is 55.0 Å². The molecule has 1 saturated heterocycles. The maximum Gasteiger partial charge on any atom is 0.455 e. The van der Waals surface area contributed by atoms with Gasteiger partial charge in [-0.2, -0.15) is 17.7 Å². The van der Waals surface area contributed by atoms with Gasteiger partial charge in [-0.25, -0.2) is 19.3 Å². The Balaban J connectivity index is 1.32. The molecule has 5 rings (SSSR count). The second kappa shape index (κ2) is 12.0. The summed E-state index contributed by atoms with van der Waals surface area (Å²) in [5.41, 5.74) is 7.40. The molecule has 0 spiro atoms. The van der Waals surface area contributed by atoms with Crippen LogP contribution in [0.5, 0.6) is 0 Å². The molecule has 0 amide bonds. The number of nitrogen functional groups attached to an aromatic ring is 1. The number of benzene rings is 1. The molecule has 4 aromatic rings. The Labute approximate surface area is 231 Å². The number of aromatic nitrogens is 5. The zero-order valence-electron chi connectivity index (χ0n) is 21.8. The Bertz CT molecular complexity index is 1520. The van der Waals surface area contributed by atoms with Crippen LogP contribution in [0.15, 0.2) is 42.5 Å². The number of ketones is 1. The van der Waals surface area contributed by atoms with Gasteiger partial charge in [-0.15, -0.1) is 5.10 Å². The van der Waals surface area contributed by atoms with Crippen molar-refractivity contribution < 1.29 is 27.1 Å². The molecule has 0 bridgehead atoms. The van der Waals surface area contributed by atoms with Crippen LogP contribution >= 0.6 is 0 Å². The fourth-order valence-electron chi connectivity index (χ4n) is 4.27. The van der Waals surface area contributed by atoms with Gasteiger partial charge in [0.1, 0.15) is 18.3 Å². The van der Waals surface area contributed by atoms with Crippen molar-refractivity contribution >= 4 is 29.0 Å². The quantitative estimate of drug-likeness (QED) is 0.147. The van der Waals surface area contributed by atoms with E-state index in [-0.39, 0.29) is 12.4 Å². The van der Waals surface area contributed by atoms with Crippen molar-refractivity contribution in [3.63, 3.8) is 0 Å². The van der Waals surface area contributed by atoms with Gasteiger partial charge < -0.3 is 21.1 Å². The van der Waals surface area contributed by atoms with E-state index >= 15 is 0 Å². The summed E-state index contributed by atoms with van der Waals surface area (Å²) in [5.74, 6) is -1.33. The number of nitrogens with two attached hydrogens (primary N) is 1. The van der Waals surface area contributed by atoms with E-state index < -0.39 is 30.0 Å². The van der Waals surface area contributed by atoms with Gasteiger partial charge in [0.05, 0.1) is 31.0 Å². The number of Topliss-reactive ketones (excluding diaryl/α,β-unsaturated/α-hetero) is 1. The van der Waals surface area contributed by atoms with Crippen molar-refractivity contribution in [2.45, 2.75) is 19.4 Å². The number of halogens is 4. The summed E-state index contributed by atoms with van der Waals surface area (Å²) in [5, 5.41) is 10.8. The van der Waals surface area contributed by atoms with Gasteiger partial charge in [0.15, 0.2) is 11.5 Å². The molecule has 0 aliphatic carbocycles. The molecule has 1 aliphatic heterocycles. The van der Waals surface area contributed by atoms with E-state index in [2.05, 4.69) is 25.6 Å². The fraction of sp³-hybridized carbons (Fsp3) is 0.346. The summed E-state index contributed by atoms with van der Waals surface area (Å²) in [7, 11) is 0. The third-order valence-corrected chi connectivity index (χ3v) is 6.38. The van der Waals surface area contributed by atoms with Gasteiger partial charge in [0, 0.05) is 37.8 Å². The average Bonchev–Trinajstić information content (AvgIpc) is 3.37. The maximum absolute atomic E-state index is 13.0. The Hall–Kier alpha value is -4.37. The van der Waals surface area contributed by atoms with Crippen LogP contribution < -0.4 is 16.4 Å². The van der Waals surface area contributed by atoms with Crippen molar-refractivity contribution in [1.82, 2.24) is 29.5 Å². The first kappa shape index (κ1) is 28.2. The van der Waals surface area contributed by atoms with Crippen LogP contribution in [0.25, 0.3) is 16.9 Å². The first-order chi connectivity index (χ1) is 19.7. The molecule has 11 nitrogen and oxygen atoms in total. The molecule has 4 heterocycles. The van der Waals surface area contributed by atoms with E-state index in [9.17, 15) is 22.4 Å². The summed E-state index contributed by atoms with van der Waals surface area (Å²) in [6.45, 7) is 3.44. The van der Waals surface area contributed by atoms with Gasteiger partial charge in [0.25, 0.3) is 5.78 Å². The minimum atomic E-state index is -5.04. The first-order valence-electron chi connectivity index (χ1n) is 12.8. The number of carbonyl (C=O) groups is 1. The molecular formula is C26H27F4N9O2. The minimum Gasteiger partial charge on any atom is -0.383 e. The molecule has 0 atom stereocenters. The van der Waals surface area contributed by atoms with Crippen molar-refractivity contribution in [3.05, 3.63) is 59.4 Å². The first-order valence-corrected chi connectivity index (χ1v) is 12.8. The molecule has 15 heteroatoms. The number of nitrogens with one attached hydrogen (secondary N) is 2. The summed E-state index contributed by atoms with van der Waals surface area (Å²) in [4.78, 5) is 26.9. The number of fused-ring (bicyclic) bond motifs is 1. The predicted molar refractivity (Wildman–Crippen MR) is 143 cm³/mol. The average molecular weight is 574 g/mol. The second-order valence-electron chi connectivity index (χ2n) is 9.29. The number of carbonyl (C=O) groups excluding carboxylic acids is 1. The summed E-state index contributed by atoms with van der Waals surface area (Å²) < 4.78 is 58.2. The molecule has 3 aromatic heterocycles. The number of hydrogen-bond acceptors (Lipinski definition) is 10. The predicted octanol–water partition coefficient (Wildman–Crippen LogP) is 3.34. The highest BCUT2D eigenvalue weighted by Gasteiger charge is 2.40. The van der Waals surface area contributed by atoms with E-state index in [0.717, 1.165) is 24.7 Å². The standard InChI is InChI=1S/C26H27F4N9O2/c27-14-16-1-3-17(4-2-16)19-13-22-35-21(15-38-9-11-41-12-10-38)37-39(22)25(34-19)33-8-7-32-20-6-5-18(24(31)36-20)23(40)26(28,29)30/h1-6,13H,7-12,14-15H2,(H,33,34)(H3,31,32,36). The largest absolute Gasteiger partial charge is 0.455 e. The van der Waals surface area contributed by atoms with Gasteiger partial charge in [-0.05, 0) is 17.7 Å². The number of rotatable bonds is 10. The lowest BCUT2D eigenvalue weighted by atomic mass is 10.1. The lowest BCUT2D eigenvalue weighted by Crippen LogP contribution is -2.35. The summed E-state index contributed by atoms with van der Waals surface area (Å²) in [6.07, 6.45) is -5.04. The van der Waals surface area contributed by atoms with Crippen LogP contribution in [0, 0.1) is 0 Å². The maximum atomic E-state index is 13.0. The molecular weight excluding hydrogens is 546 g/mol. The highest BCUT2D eigenvalue weighted by molar-refractivity contribution is 6.03. The molecule has 1 aliphatic rings. The molecule has 216 valence electrons. The van der Waals surface area contributed by atoms with Crippen molar-refractivity contribution in [2.24, 2.45) is 0 Å². The number of ether oxygens (including phenoxy) is 1. The topological polar surface area (TPSA) is 136 Å². The molecule has 0 saturated carbocycles. The van der Waals surface area contributed by atoms with Crippen LogP contribution in [0.4, 0.5) is 35.1 Å². The van der Waals surface area contributed by atoms with Crippen LogP contribution in [0.2, 0.25) is 0 Å². The number of hydrogen-bond donors (Lipinski definition) is 3. The second-order valence-corrected chi connectivity index (χ2v) is 9.29. The van der Waals surface area contributed by atoms with Gasteiger partial charge in [-0.3, -0.25) is 9.69 Å². The molecule has 4 N–H and O–H groups in total. The highest BCUT2D eigenvalue weighted by Crippen LogP contribution is 2.25. The monoisotopic (exact) mass is 573 g/mol. The Morgan fingerprint density at radius 2 is 1.73 bits per heavy atom. The number of anilines is 3. The van der Waals surface area contributed by atoms with Gasteiger partial charge >= 0.3 is 6.18 Å². The Kier molecular flexibility index (Phi) is 8.26.